The van der Waals surface area contributed by atoms with Gasteiger partial charge < -0.3 is 24.1 Å². The molecule has 28 heavy (non-hydrogen) atoms. The number of aromatic nitrogens is 1. The lowest BCUT2D eigenvalue weighted by molar-refractivity contribution is 0.174. The summed E-state index contributed by atoms with van der Waals surface area (Å²) in [5, 5.41) is 0.885. The Bertz CT molecular complexity index is 1090. The number of benzene rings is 2. The molecule has 0 radical (unpaired) electrons. The van der Waals surface area contributed by atoms with E-state index in [0.29, 0.717) is 29.5 Å². The topological polar surface area (TPSA) is 63.8 Å². The van der Waals surface area contributed by atoms with Crippen molar-refractivity contribution >= 4 is 16.6 Å². The number of hydrogen-bond acceptors (Lipinski definition) is 5. The Hall–Kier alpha value is -3.15. The van der Waals surface area contributed by atoms with Crippen LogP contribution in [-0.2, 0) is 0 Å². The third-order valence-corrected chi connectivity index (χ3v) is 4.68. The van der Waals surface area contributed by atoms with Crippen LogP contribution in [0.3, 0.4) is 0 Å². The summed E-state index contributed by atoms with van der Waals surface area (Å²) in [6.07, 6.45) is 0. The van der Waals surface area contributed by atoms with Crippen molar-refractivity contribution in [3.63, 3.8) is 0 Å². The van der Waals surface area contributed by atoms with Crippen molar-refractivity contribution in [2.45, 2.75) is 13.8 Å². The van der Waals surface area contributed by atoms with E-state index in [0.717, 1.165) is 28.0 Å². The number of nitrogens with zero attached hydrogens (tertiary/aromatic N) is 1. The van der Waals surface area contributed by atoms with Crippen molar-refractivity contribution in [1.82, 2.24) is 4.98 Å². The highest BCUT2D eigenvalue weighted by molar-refractivity contribution is 5.98. The van der Waals surface area contributed by atoms with Gasteiger partial charge in [0.25, 0.3) is 0 Å². The first-order chi connectivity index (χ1) is 13.4. The van der Waals surface area contributed by atoms with Crippen molar-refractivity contribution in [1.29, 1.82) is 0 Å². The average molecular weight is 380 g/mol. The van der Waals surface area contributed by atoms with E-state index >= 15 is 0 Å². The van der Waals surface area contributed by atoms with Crippen LogP contribution in [0.1, 0.15) is 13.8 Å². The minimum Gasteiger partial charge on any atom is -0.493 e. The molecule has 6 nitrogen and oxygen atoms in total. The third kappa shape index (κ3) is 3.38. The SMILES string of the molecule is CC(C)COc1cc(N(C)C)ccc1-c1cc(=O)[nH]c2cc3c(cc12)OCO3. The van der Waals surface area contributed by atoms with Crippen LogP contribution in [0.5, 0.6) is 17.2 Å². The summed E-state index contributed by atoms with van der Waals surface area (Å²) in [6, 6.07) is 11.4. The van der Waals surface area contributed by atoms with Gasteiger partial charge in [-0.25, -0.2) is 0 Å². The monoisotopic (exact) mass is 380 g/mol. The van der Waals surface area contributed by atoms with Gasteiger partial charge in [-0.1, -0.05) is 13.8 Å². The molecule has 4 rings (SSSR count). The molecular weight excluding hydrogens is 356 g/mol. The second kappa shape index (κ2) is 7.11. The van der Waals surface area contributed by atoms with Crippen LogP contribution in [0.2, 0.25) is 0 Å². The van der Waals surface area contributed by atoms with Gasteiger partial charge in [-0.15, -0.1) is 0 Å². The largest absolute Gasteiger partial charge is 0.493 e. The minimum atomic E-state index is -0.173. The summed E-state index contributed by atoms with van der Waals surface area (Å²) in [5.74, 6) is 2.46. The highest BCUT2D eigenvalue weighted by Gasteiger charge is 2.19. The quantitative estimate of drug-likeness (QED) is 0.724. The van der Waals surface area contributed by atoms with Gasteiger partial charge in [-0.3, -0.25) is 4.79 Å². The fourth-order valence-corrected chi connectivity index (χ4v) is 3.26. The van der Waals surface area contributed by atoms with Gasteiger partial charge in [-0.05, 0) is 24.1 Å². The first-order valence-electron chi connectivity index (χ1n) is 9.33. The van der Waals surface area contributed by atoms with E-state index in [9.17, 15) is 4.79 Å². The lowest BCUT2D eigenvalue weighted by Gasteiger charge is -2.19. The number of ether oxygens (including phenoxy) is 3. The zero-order valence-corrected chi connectivity index (χ0v) is 16.5. The molecule has 0 aliphatic carbocycles. The maximum absolute atomic E-state index is 12.4. The third-order valence-electron chi connectivity index (χ3n) is 4.68. The highest BCUT2D eigenvalue weighted by Crippen LogP contribution is 2.41. The molecule has 0 bridgehead atoms. The fraction of sp³-hybridized carbons (Fsp3) is 0.318. The molecule has 0 amide bonds. The molecule has 2 aromatic carbocycles. The number of pyridine rings is 1. The Labute approximate surface area is 163 Å². The highest BCUT2D eigenvalue weighted by atomic mass is 16.7. The Morgan fingerprint density at radius 3 is 2.54 bits per heavy atom. The van der Waals surface area contributed by atoms with Crippen molar-refractivity contribution in [3.05, 3.63) is 46.8 Å². The second-order valence-corrected chi connectivity index (χ2v) is 7.58. The molecular formula is C22H24N2O4. The first-order valence-corrected chi connectivity index (χ1v) is 9.33. The van der Waals surface area contributed by atoms with Crippen LogP contribution in [0.4, 0.5) is 5.69 Å². The molecule has 0 unspecified atom stereocenters. The maximum atomic E-state index is 12.4. The zero-order chi connectivity index (χ0) is 19.8. The van der Waals surface area contributed by atoms with Gasteiger partial charge >= 0.3 is 0 Å². The standard InChI is InChI=1S/C22H24N2O4/c1-13(2)11-26-19-7-14(24(3)4)5-6-15(19)16-9-22(25)23-18-10-21-20(8-17(16)18)27-12-28-21/h5-10,13H,11-12H2,1-4H3,(H,23,25). The van der Waals surface area contributed by atoms with Gasteiger partial charge in [0.05, 0.1) is 12.1 Å². The smallest absolute Gasteiger partial charge is 0.249 e. The number of hydrogen-bond donors (Lipinski definition) is 1. The molecule has 0 fully saturated rings. The van der Waals surface area contributed by atoms with Gasteiger partial charge in [0.1, 0.15) is 5.75 Å². The second-order valence-electron chi connectivity index (χ2n) is 7.58. The lowest BCUT2D eigenvalue weighted by atomic mass is 9.99. The number of nitrogens with one attached hydrogen (secondary N) is 1. The summed E-state index contributed by atoms with van der Waals surface area (Å²) in [5.41, 5.74) is 3.25. The fourth-order valence-electron chi connectivity index (χ4n) is 3.26. The summed E-state index contributed by atoms with van der Waals surface area (Å²) in [6.45, 7) is 5.00. The van der Waals surface area contributed by atoms with Gasteiger partial charge in [-0.2, -0.15) is 0 Å². The van der Waals surface area contributed by atoms with Crippen LogP contribution in [0, 0.1) is 5.92 Å². The van der Waals surface area contributed by atoms with Crippen LogP contribution >= 0.6 is 0 Å². The summed E-state index contributed by atoms with van der Waals surface area (Å²) >= 11 is 0. The van der Waals surface area contributed by atoms with Crippen molar-refractivity contribution in [2.75, 3.05) is 32.4 Å². The normalized spacial score (nSPS) is 12.6. The molecule has 6 heteroatoms. The maximum Gasteiger partial charge on any atom is 0.249 e. The minimum absolute atomic E-state index is 0.173. The Morgan fingerprint density at radius 2 is 1.82 bits per heavy atom. The molecule has 0 atom stereocenters. The molecule has 0 spiro atoms. The summed E-state index contributed by atoms with van der Waals surface area (Å²) in [4.78, 5) is 17.3. The Morgan fingerprint density at radius 1 is 1.07 bits per heavy atom. The average Bonchev–Trinajstić information content (AvgIpc) is 3.11. The molecule has 0 saturated carbocycles. The molecule has 1 aliphatic rings. The van der Waals surface area contributed by atoms with E-state index in [1.807, 2.05) is 49.3 Å². The van der Waals surface area contributed by atoms with Crippen LogP contribution in [0.25, 0.3) is 22.0 Å². The van der Waals surface area contributed by atoms with Crippen molar-refractivity contribution < 1.29 is 14.2 Å². The molecule has 1 N–H and O–H groups in total. The predicted octanol–water partition coefficient (Wildman–Crippen LogP) is 4.02. The van der Waals surface area contributed by atoms with E-state index in [-0.39, 0.29) is 12.4 Å². The predicted molar refractivity (Wildman–Crippen MR) is 111 cm³/mol. The molecule has 2 heterocycles. The summed E-state index contributed by atoms with van der Waals surface area (Å²) in [7, 11) is 3.98. The number of aromatic amines is 1. The van der Waals surface area contributed by atoms with Gasteiger partial charge in [0.15, 0.2) is 11.5 Å². The van der Waals surface area contributed by atoms with E-state index in [1.54, 1.807) is 6.07 Å². The number of anilines is 1. The molecule has 1 aromatic heterocycles. The van der Waals surface area contributed by atoms with Crippen molar-refractivity contribution in [2.24, 2.45) is 5.92 Å². The molecule has 146 valence electrons. The number of fused-ring (bicyclic) bond motifs is 2. The lowest BCUT2D eigenvalue weighted by Crippen LogP contribution is -2.11. The molecule has 3 aromatic rings. The van der Waals surface area contributed by atoms with Crippen molar-refractivity contribution in [3.8, 4) is 28.4 Å². The van der Waals surface area contributed by atoms with Crippen LogP contribution in [0.15, 0.2) is 41.2 Å². The summed E-state index contributed by atoms with van der Waals surface area (Å²) < 4.78 is 17.1. The first kappa shape index (κ1) is 18.2. The van der Waals surface area contributed by atoms with E-state index in [2.05, 4.69) is 18.8 Å². The zero-order valence-electron chi connectivity index (χ0n) is 16.5. The number of H-pyrrole nitrogens is 1. The Kier molecular flexibility index (Phi) is 4.63. The van der Waals surface area contributed by atoms with E-state index in [4.69, 9.17) is 14.2 Å². The molecule has 1 aliphatic heterocycles. The van der Waals surface area contributed by atoms with E-state index < -0.39 is 0 Å². The molecule has 0 saturated heterocycles. The van der Waals surface area contributed by atoms with Gasteiger partial charge in [0.2, 0.25) is 12.4 Å². The van der Waals surface area contributed by atoms with Crippen LogP contribution < -0.4 is 24.7 Å². The number of rotatable bonds is 5. The van der Waals surface area contributed by atoms with E-state index in [1.165, 1.54) is 0 Å². The Balaban J connectivity index is 1.92. The van der Waals surface area contributed by atoms with Gasteiger partial charge in [0, 0.05) is 54.5 Å². The van der Waals surface area contributed by atoms with Crippen LogP contribution in [-0.4, -0.2) is 32.5 Å².